The predicted molar refractivity (Wildman–Crippen MR) is 77.2 cm³/mol. The van der Waals surface area contributed by atoms with E-state index in [1.54, 1.807) is 0 Å². The van der Waals surface area contributed by atoms with Gasteiger partial charge < -0.3 is 18.9 Å². The Morgan fingerprint density at radius 2 is 1.43 bits per heavy atom. The molecular formula is C16H17BrO6. The third-order valence-corrected chi connectivity index (χ3v) is 9.70. The van der Waals surface area contributed by atoms with Crippen molar-refractivity contribution >= 4 is 27.9 Å². The van der Waals surface area contributed by atoms with Gasteiger partial charge >= 0.3 is 11.9 Å². The van der Waals surface area contributed by atoms with Crippen LogP contribution in [0.15, 0.2) is 0 Å². The van der Waals surface area contributed by atoms with Crippen molar-refractivity contribution in [1.29, 1.82) is 0 Å². The molecule has 6 saturated carbocycles. The quantitative estimate of drug-likeness (QED) is 0.402. The molecule has 23 heavy (non-hydrogen) atoms. The Hall–Kier alpha value is -0.660. The molecule has 7 rings (SSSR count). The minimum Gasteiger partial charge on any atom is -0.468 e. The molecule has 6 nitrogen and oxygen atoms in total. The fourth-order valence-corrected chi connectivity index (χ4v) is 9.65. The summed E-state index contributed by atoms with van der Waals surface area (Å²) in [5, 5.41) is 0. The number of ether oxygens (including phenoxy) is 4. The van der Waals surface area contributed by atoms with Gasteiger partial charge in [0.1, 0.15) is 0 Å². The Morgan fingerprint density at radius 1 is 0.957 bits per heavy atom. The van der Waals surface area contributed by atoms with Gasteiger partial charge in [-0.2, -0.15) is 0 Å². The Bertz CT molecular complexity index is 633. The number of halogens is 1. The van der Waals surface area contributed by atoms with Crippen molar-refractivity contribution < 1.29 is 28.5 Å². The normalized spacial score (nSPS) is 57.2. The van der Waals surface area contributed by atoms with Gasteiger partial charge in [-0.15, -0.1) is 0 Å². The number of alkyl halides is 1. The minimum atomic E-state index is -0.796. The monoisotopic (exact) mass is 384 g/mol. The van der Waals surface area contributed by atoms with Gasteiger partial charge in [0, 0.05) is 11.3 Å². The Labute approximate surface area is 141 Å². The van der Waals surface area contributed by atoms with Crippen LogP contribution >= 0.6 is 15.9 Å². The molecular weight excluding hydrogens is 368 g/mol. The molecule has 2 bridgehead atoms. The summed E-state index contributed by atoms with van der Waals surface area (Å²) in [6.45, 7) is 1.25. The molecule has 1 spiro atoms. The zero-order valence-corrected chi connectivity index (χ0v) is 14.4. The fourth-order valence-electron chi connectivity index (χ4n) is 8.02. The molecule has 1 heterocycles. The maximum atomic E-state index is 12.3. The van der Waals surface area contributed by atoms with Gasteiger partial charge in [0.2, 0.25) is 0 Å². The standard InChI is InChI=1S/C16H17BrO6/c1-20-12(18)11(13(19)21-2)14-5-8-6(14)10-7(14)9(5)15(8,17)16(10)22-3-4-23-16/h5-11H,3-4H2,1-2H3/t5?,6-,7+,8+,9-,10?,14?,15?. The Balaban J connectivity index is 1.44. The van der Waals surface area contributed by atoms with Crippen molar-refractivity contribution in [2.24, 2.45) is 46.8 Å². The van der Waals surface area contributed by atoms with Crippen molar-refractivity contribution in [2.75, 3.05) is 27.4 Å². The van der Waals surface area contributed by atoms with Crippen molar-refractivity contribution in [3.8, 4) is 0 Å². The number of carbonyl (C=O) groups is 2. The first kappa shape index (κ1) is 13.6. The highest BCUT2D eigenvalue weighted by molar-refractivity contribution is 9.10. The van der Waals surface area contributed by atoms with Crippen LogP contribution in [-0.4, -0.2) is 49.5 Å². The second kappa shape index (κ2) is 3.48. The first-order valence-corrected chi connectivity index (χ1v) is 8.95. The molecule has 0 radical (unpaired) electrons. The lowest BCUT2D eigenvalue weighted by molar-refractivity contribution is -0.450. The van der Waals surface area contributed by atoms with Crippen LogP contribution in [0.2, 0.25) is 0 Å². The van der Waals surface area contributed by atoms with Gasteiger partial charge in [-0.3, -0.25) is 9.59 Å². The molecule has 6 aliphatic carbocycles. The number of hydrogen-bond donors (Lipinski definition) is 0. The summed E-state index contributed by atoms with van der Waals surface area (Å²) >= 11 is 3.97. The molecule has 8 atom stereocenters. The van der Waals surface area contributed by atoms with Crippen LogP contribution in [0.5, 0.6) is 0 Å². The lowest BCUT2D eigenvalue weighted by Gasteiger charge is -2.92. The molecule has 0 N–H and O–H groups in total. The summed E-state index contributed by atoms with van der Waals surface area (Å²) in [5.41, 5.74) is -0.268. The summed E-state index contributed by atoms with van der Waals surface area (Å²) < 4.78 is 22.0. The van der Waals surface area contributed by atoms with Crippen molar-refractivity contribution in [3.05, 3.63) is 0 Å². The van der Waals surface area contributed by atoms with Gasteiger partial charge in [0.15, 0.2) is 11.7 Å². The van der Waals surface area contributed by atoms with Gasteiger partial charge in [-0.25, -0.2) is 0 Å². The van der Waals surface area contributed by atoms with Crippen LogP contribution in [-0.2, 0) is 28.5 Å². The largest absolute Gasteiger partial charge is 0.468 e. The number of hydrogen-bond acceptors (Lipinski definition) is 6. The molecule has 0 aromatic rings. The molecule has 4 unspecified atom stereocenters. The van der Waals surface area contributed by atoms with E-state index in [1.165, 1.54) is 14.2 Å². The van der Waals surface area contributed by atoms with E-state index in [-0.39, 0.29) is 9.74 Å². The fraction of sp³-hybridized carbons (Fsp3) is 0.875. The molecule has 7 aliphatic rings. The van der Waals surface area contributed by atoms with E-state index in [0.717, 1.165) is 0 Å². The third-order valence-electron chi connectivity index (χ3n) is 8.09. The second-order valence-corrected chi connectivity index (χ2v) is 9.08. The minimum absolute atomic E-state index is 0.111. The molecule has 1 aliphatic heterocycles. The molecule has 7 fully saturated rings. The van der Waals surface area contributed by atoms with Gasteiger partial charge in [0.25, 0.3) is 0 Å². The number of carbonyl (C=O) groups excluding carboxylic acids is 2. The topological polar surface area (TPSA) is 71.1 Å². The summed E-state index contributed by atoms with van der Waals surface area (Å²) in [6, 6.07) is 0. The smallest absolute Gasteiger partial charge is 0.320 e. The molecule has 0 aromatic heterocycles. The van der Waals surface area contributed by atoms with Crippen LogP contribution in [0.1, 0.15) is 0 Å². The zero-order valence-electron chi connectivity index (χ0n) is 12.8. The first-order chi connectivity index (χ1) is 11.0. The van der Waals surface area contributed by atoms with Crippen molar-refractivity contribution in [3.63, 3.8) is 0 Å². The maximum Gasteiger partial charge on any atom is 0.320 e. The van der Waals surface area contributed by atoms with E-state index in [1.807, 2.05) is 0 Å². The van der Waals surface area contributed by atoms with E-state index in [4.69, 9.17) is 18.9 Å². The van der Waals surface area contributed by atoms with Crippen LogP contribution < -0.4 is 0 Å². The lowest BCUT2D eigenvalue weighted by atomic mass is 9.11. The van der Waals surface area contributed by atoms with Gasteiger partial charge in [-0.1, -0.05) is 15.9 Å². The highest BCUT2D eigenvalue weighted by Crippen LogP contribution is 3.05. The predicted octanol–water partition coefficient (Wildman–Crippen LogP) is 0.577. The van der Waals surface area contributed by atoms with Crippen LogP contribution in [0, 0.1) is 46.8 Å². The Morgan fingerprint density at radius 3 is 1.91 bits per heavy atom. The highest BCUT2D eigenvalue weighted by Gasteiger charge is 3.10. The van der Waals surface area contributed by atoms with E-state index in [0.29, 0.717) is 48.7 Å². The maximum absolute atomic E-state index is 12.3. The first-order valence-electron chi connectivity index (χ1n) is 8.16. The van der Waals surface area contributed by atoms with Gasteiger partial charge in [0.05, 0.1) is 31.8 Å². The summed E-state index contributed by atoms with van der Waals surface area (Å²) in [5.74, 6) is -0.0945. The molecule has 7 heteroatoms. The second-order valence-electron chi connectivity index (χ2n) is 7.77. The number of esters is 2. The zero-order chi connectivity index (χ0) is 15.9. The van der Waals surface area contributed by atoms with E-state index >= 15 is 0 Å². The summed E-state index contributed by atoms with van der Waals surface area (Å²) in [6.07, 6.45) is 0. The van der Waals surface area contributed by atoms with Crippen LogP contribution in [0.3, 0.4) is 0 Å². The summed E-state index contributed by atoms with van der Waals surface area (Å²) in [7, 11) is 2.67. The molecule has 124 valence electrons. The van der Waals surface area contributed by atoms with Gasteiger partial charge in [-0.05, 0) is 29.6 Å². The van der Waals surface area contributed by atoms with E-state index < -0.39 is 23.6 Å². The SMILES string of the molecule is COC(=O)C(C(=O)OC)C12C3[C@@H]4[C@H]1C1[C@H]2[C@H]3C4(Br)C12OCCO2. The van der Waals surface area contributed by atoms with Crippen LogP contribution in [0.4, 0.5) is 0 Å². The van der Waals surface area contributed by atoms with Crippen LogP contribution in [0.25, 0.3) is 0 Å². The Kier molecular flexibility index (Phi) is 2.06. The van der Waals surface area contributed by atoms with Crippen molar-refractivity contribution in [2.45, 2.75) is 10.1 Å². The average Bonchev–Trinajstić information content (AvgIpc) is 3.09. The number of rotatable bonds is 3. The number of methoxy groups -OCH3 is 2. The van der Waals surface area contributed by atoms with Crippen molar-refractivity contribution in [1.82, 2.24) is 0 Å². The van der Waals surface area contributed by atoms with E-state index in [9.17, 15) is 9.59 Å². The lowest BCUT2D eigenvalue weighted by Crippen LogP contribution is -2.94. The molecule has 1 saturated heterocycles. The molecule has 0 amide bonds. The molecule has 0 aromatic carbocycles. The summed E-state index contributed by atoms with van der Waals surface area (Å²) in [4.78, 5) is 24.7. The van der Waals surface area contributed by atoms with E-state index in [2.05, 4.69) is 15.9 Å². The average molecular weight is 385 g/mol. The third kappa shape index (κ3) is 0.878. The highest BCUT2D eigenvalue weighted by atomic mass is 79.9.